The van der Waals surface area contributed by atoms with Crippen molar-refractivity contribution < 1.29 is 52.4 Å². The van der Waals surface area contributed by atoms with E-state index in [0.717, 1.165) is 16.7 Å². The van der Waals surface area contributed by atoms with Gasteiger partial charge in [-0.3, -0.25) is 0 Å². The van der Waals surface area contributed by atoms with Crippen LogP contribution in [0.3, 0.4) is 0 Å². The van der Waals surface area contributed by atoms with E-state index >= 15 is 0 Å². The number of carbonyl (C=O) groups excluding carboxylic acids is 1. The van der Waals surface area contributed by atoms with Crippen molar-refractivity contribution in [3.8, 4) is 0 Å². The third kappa shape index (κ3) is 5.31. The Labute approximate surface area is 144 Å². The van der Waals surface area contributed by atoms with E-state index < -0.39 is 11.9 Å². The van der Waals surface area contributed by atoms with Gasteiger partial charge < -0.3 is 20.0 Å². The first kappa shape index (κ1) is 21.5. The van der Waals surface area contributed by atoms with Crippen LogP contribution in [-0.4, -0.2) is 13.0 Å². The second-order valence-electron chi connectivity index (χ2n) is 4.27. The van der Waals surface area contributed by atoms with Crippen molar-refractivity contribution in [3.63, 3.8) is 0 Å². The summed E-state index contributed by atoms with van der Waals surface area (Å²) in [6.07, 6.45) is 0. The third-order valence-electron chi connectivity index (χ3n) is 2.64. The molecule has 0 saturated carbocycles. The van der Waals surface area contributed by atoms with Crippen molar-refractivity contribution in [2.24, 2.45) is 0 Å². The Morgan fingerprint density at radius 1 is 1.15 bits per heavy atom. The molecule has 0 spiro atoms. The van der Waals surface area contributed by atoms with Gasteiger partial charge in [0.1, 0.15) is 0 Å². The summed E-state index contributed by atoms with van der Waals surface area (Å²) in [5.41, 5.74) is 3.42. The molecule has 1 aromatic carbocycles. The van der Waals surface area contributed by atoms with Gasteiger partial charge in [-0.15, -0.1) is 5.70 Å². The van der Waals surface area contributed by atoms with Gasteiger partial charge in [0.2, 0.25) is 0 Å². The molecule has 0 heterocycles. The fraction of sp³-hybridized carbons (Fsp3) is 0.357. The molecule has 1 aromatic rings. The van der Waals surface area contributed by atoms with Crippen molar-refractivity contribution in [1.29, 1.82) is 0 Å². The van der Waals surface area contributed by atoms with Gasteiger partial charge in [0.15, 0.2) is 0 Å². The minimum atomic E-state index is -0.592. The Hall–Kier alpha value is -0.775. The van der Waals surface area contributed by atoms with Crippen LogP contribution in [0.15, 0.2) is 23.8 Å². The maximum atomic E-state index is 12.0. The molecule has 20 heavy (non-hydrogen) atoms. The number of hydrogen-bond donors (Lipinski definition) is 0. The van der Waals surface area contributed by atoms with Crippen molar-refractivity contribution >= 4 is 5.91 Å². The minimum absolute atomic E-state index is 0. The number of nitrogens with zero attached hydrogens (tertiary/aromatic N) is 1. The van der Waals surface area contributed by atoms with Crippen LogP contribution in [-0.2, 0) is 4.74 Å². The fourth-order valence-corrected chi connectivity index (χ4v) is 1.92. The van der Waals surface area contributed by atoms with Crippen molar-refractivity contribution in [2.75, 3.05) is 7.11 Å². The molecule has 0 N–H and O–H groups in total. The predicted octanol–water partition coefficient (Wildman–Crippen LogP) is -3.67. The molecule has 0 aliphatic rings. The van der Waals surface area contributed by atoms with E-state index in [1.165, 1.54) is 14.0 Å². The van der Waals surface area contributed by atoms with Crippen LogP contribution in [0.25, 0.3) is 5.32 Å². The number of methoxy groups -OCH3 is 1. The van der Waals surface area contributed by atoms with E-state index in [4.69, 9.17) is 0 Å². The Bertz CT molecular complexity index is 490. The summed E-state index contributed by atoms with van der Waals surface area (Å²) < 4.78 is 4.51. The van der Waals surface area contributed by atoms with Gasteiger partial charge in [-0.1, -0.05) is 24.6 Å². The van der Waals surface area contributed by atoms with Gasteiger partial charge >= 0.3 is 37.7 Å². The number of allylic oxidation sites excluding steroid dienone is 1. The summed E-state index contributed by atoms with van der Waals surface area (Å²) in [5, 5.41) is 15.0. The molecule has 0 atom stereocenters. The van der Waals surface area contributed by atoms with Gasteiger partial charge in [-0.2, -0.15) is 0 Å². The molecule has 4 nitrogen and oxygen atoms in total. The van der Waals surface area contributed by atoms with Crippen LogP contribution in [0.4, 0.5) is 0 Å². The molecule has 0 aliphatic carbocycles. The number of ether oxygens (including phenoxy) is 1. The van der Waals surface area contributed by atoms with Crippen LogP contribution in [0.1, 0.15) is 34.0 Å². The number of hydrogen-bond acceptors (Lipinski definition) is 3. The fourth-order valence-electron chi connectivity index (χ4n) is 1.92. The quantitative estimate of drug-likeness (QED) is 0.416. The van der Waals surface area contributed by atoms with Crippen molar-refractivity contribution in [2.45, 2.75) is 27.7 Å². The van der Waals surface area contributed by atoms with E-state index in [1.54, 1.807) is 0 Å². The van der Waals surface area contributed by atoms with Crippen molar-refractivity contribution in [3.05, 3.63) is 51.3 Å². The summed E-state index contributed by atoms with van der Waals surface area (Å²) in [6.45, 7) is 7.15. The van der Waals surface area contributed by atoms with Gasteiger partial charge in [0.25, 0.3) is 0 Å². The number of aryl methyl sites for hydroxylation is 3. The molecule has 0 unspecified atom stereocenters. The van der Waals surface area contributed by atoms with E-state index in [0.29, 0.717) is 5.56 Å². The predicted molar refractivity (Wildman–Crippen MR) is 68.1 cm³/mol. The SMILES string of the molecule is CO/C([O-])=C(/C)[N-]C(=O)c1c(C)cc(C)cc1C.[Li+].[Li+]. The van der Waals surface area contributed by atoms with E-state index in [9.17, 15) is 9.90 Å². The zero-order valence-electron chi connectivity index (χ0n) is 13.3. The Kier molecular flexibility index (Phi) is 9.92. The summed E-state index contributed by atoms with van der Waals surface area (Å²) in [7, 11) is 1.26. The van der Waals surface area contributed by atoms with Crippen LogP contribution in [0, 0.1) is 20.8 Å². The number of carbonyl (C=O) groups is 1. The topological polar surface area (TPSA) is 63.5 Å². The summed E-state index contributed by atoms with van der Waals surface area (Å²) in [6, 6.07) is 3.84. The van der Waals surface area contributed by atoms with E-state index in [2.05, 4.69) is 10.1 Å². The maximum absolute atomic E-state index is 12.0. The standard InChI is InChI=1S/C14H19NO3.2Li/c1-8-6-9(2)12(10(3)7-8)13(16)15-11(4)14(17)18-5;;/h6-7H,1-5H3,(H2,15,16,17);;/q;2*+1/p-2/b14-11-;;. The minimum Gasteiger partial charge on any atom is -0.625 e. The monoisotopic (exact) mass is 261 g/mol. The van der Waals surface area contributed by atoms with Gasteiger partial charge in [0.05, 0.1) is 5.91 Å². The average molecular weight is 261 g/mol. The maximum Gasteiger partial charge on any atom is 1.00 e. The van der Waals surface area contributed by atoms with Gasteiger partial charge in [-0.05, 0) is 39.0 Å². The molecule has 0 bridgehead atoms. The average Bonchev–Trinajstić information content (AvgIpc) is 2.26. The molecule has 0 fully saturated rings. The summed E-state index contributed by atoms with van der Waals surface area (Å²) in [4.78, 5) is 12.0. The van der Waals surface area contributed by atoms with Gasteiger partial charge in [0, 0.05) is 11.5 Å². The van der Waals surface area contributed by atoms with Gasteiger partial charge in [-0.25, -0.2) is 0 Å². The Morgan fingerprint density at radius 3 is 2.00 bits per heavy atom. The van der Waals surface area contributed by atoms with E-state index in [1.807, 2.05) is 32.9 Å². The molecule has 1 rings (SSSR count). The van der Waals surface area contributed by atoms with Crippen LogP contribution < -0.4 is 42.8 Å². The second-order valence-corrected chi connectivity index (χ2v) is 4.27. The first-order valence-corrected chi connectivity index (χ1v) is 5.62. The molecule has 0 aromatic heterocycles. The second kappa shape index (κ2) is 9.21. The first-order valence-electron chi connectivity index (χ1n) is 5.62. The van der Waals surface area contributed by atoms with Crippen molar-refractivity contribution in [1.82, 2.24) is 0 Å². The smallest absolute Gasteiger partial charge is 0.625 e. The molecular weight excluding hydrogens is 244 g/mol. The Balaban J connectivity index is 0. The number of amides is 1. The zero-order chi connectivity index (χ0) is 13.9. The number of benzene rings is 1. The number of rotatable bonds is 3. The third-order valence-corrected chi connectivity index (χ3v) is 2.64. The van der Waals surface area contributed by atoms with Crippen LogP contribution in [0.2, 0.25) is 0 Å². The summed E-state index contributed by atoms with van der Waals surface area (Å²) >= 11 is 0. The normalized spacial score (nSPS) is 10.7. The zero-order valence-corrected chi connectivity index (χ0v) is 13.3. The van der Waals surface area contributed by atoms with Crippen LogP contribution >= 0.6 is 0 Å². The molecule has 0 radical (unpaired) electrons. The largest absolute Gasteiger partial charge is 1.00 e. The molecule has 0 saturated heterocycles. The molecule has 98 valence electrons. The van der Waals surface area contributed by atoms with Crippen LogP contribution in [0.5, 0.6) is 0 Å². The molecular formula is C14H17Li2NO3. The molecule has 1 amide bonds. The summed E-state index contributed by atoms with van der Waals surface area (Å²) in [5.74, 6) is -1.00. The van der Waals surface area contributed by atoms with E-state index in [-0.39, 0.29) is 43.4 Å². The molecule has 6 heteroatoms. The molecule has 0 aliphatic heterocycles. The Morgan fingerprint density at radius 2 is 1.60 bits per heavy atom. The first-order chi connectivity index (χ1) is 8.36.